The third-order valence-corrected chi connectivity index (χ3v) is 3.03. The summed E-state index contributed by atoms with van der Waals surface area (Å²) in [6.07, 6.45) is 2.30. The van der Waals surface area contributed by atoms with Crippen molar-refractivity contribution in [1.82, 2.24) is 4.90 Å². The van der Waals surface area contributed by atoms with Crippen LogP contribution in [0, 0.1) is 0 Å². The Hall–Kier alpha value is -2.07. The molecule has 1 heterocycles. The SMILES string of the molecule is CN(CCc1ccccc1)C(=O)c1coc(CN)c1. The van der Waals surface area contributed by atoms with E-state index in [2.05, 4.69) is 12.1 Å². The van der Waals surface area contributed by atoms with Crippen LogP contribution >= 0.6 is 0 Å². The van der Waals surface area contributed by atoms with Crippen LogP contribution in [0.25, 0.3) is 0 Å². The van der Waals surface area contributed by atoms with E-state index in [0.29, 0.717) is 24.4 Å². The molecular weight excluding hydrogens is 240 g/mol. The normalized spacial score (nSPS) is 10.4. The smallest absolute Gasteiger partial charge is 0.256 e. The second kappa shape index (κ2) is 6.20. The van der Waals surface area contributed by atoms with Crippen molar-refractivity contribution in [2.45, 2.75) is 13.0 Å². The van der Waals surface area contributed by atoms with Crippen LogP contribution in [0.2, 0.25) is 0 Å². The number of carbonyl (C=O) groups is 1. The second-order valence-corrected chi connectivity index (χ2v) is 4.47. The molecule has 1 amide bonds. The average Bonchev–Trinajstić information content (AvgIpc) is 2.94. The number of hydrogen-bond donors (Lipinski definition) is 1. The molecule has 0 fully saturated rings. The Labute approximate surface area is 112 Å². The molecule has 0 aliphatic heterocycles. The summed E-state index contributed by atoms with van der Waals surface area (Å²) in [5, 5.41) is 0. The molecule has 0 spiro atoms. The van der Waals surface area contributed by atoms with Gasteiger partial charge in [-0.1, -0.05) is 30.3 Å². The summed E-state index contributed by atoms with van der Waals surface area (Å²) in [5.74, 6) is 0.583. The summed E-state index contributed by atoms with van der Waals surface area (Å²) in [4.78, 5) is 13.8. The maximum atomic E-state index is 12.1. The van der Waals surface area contributed by atoms with Gasteiger partial charge in [-0.3, -0.25) is 4.79 Å². The highest BCUT2D eigenvalue weighted by molar-refractivity contribution is 5.93. The van der Waals surface area contributed by atoms with E-state index < -0.39 is 0 Å². The molecule has 0 atom stereocenters. The molecule has 0 aliphatic rings. The molecule has 100 valence electrons. The Morgan fingerprint density at radius 2 is 2.05 bits per heavy atom. The lowest BCUT2D eigenvalue weighted by Crippen LogP contribution is -2.28. The number of rotatable bonds is 5. The van der Waals surface area contributed by atoms with Crippen LogP contribution in [-0.4, -0.2) is 24.4 Å². The molecule has 0 bridgehead atoms. The first kappa shape index (κ1) is 13.4. The molecule has 0 saturated carbocycles. The number of carbonyl (C=O) groups excluding carboxylic acids is 1. The van der Waals surface area contributed by atoms with Gasteiger partial charge in [0.2, 0.25) is 0 Å². The number of nitrogens with two attached hydrogens (primary N) is 1. The number of nitrogens with zero attached hydrogens (tertiary/aromatic N) is 1. The summed E-state index contributed by atoms with van der Waals surface area (Å²) >= 11 is 0. The Kier molecular flexibility index (Phi) is 4.36. The van der Waals surface area contributed by atoms with E-state index in [-0.39, 0.29) is 5.91 Å². The second-order valence-electron chi connectivity index (χ2n) is 4.47. The third kappa shape index (κ3) is 3.45. The minimum Gasteiger partial charge on any atom is -0.467 e. The van der Waals surface area contributed by atoms with Crippen LogP contribution in [0.15, 0.2) is 47.1 Å². The molecule has 1 aromatic carbocycles. The molecule has 2 N–H and O–H groups in total. The van der Waals surface area contributed by atoms with E-state index >= 15 is 0 Å². The van der Waals surface area contributed by atoms with Crippen LogP contribution in [0.1, 0.15) is 21.7 Å². The van der Waals surface area contributed by atoms with Gasteiger partial charge in [0.25, 0.3) is 5.91 Å². The van der Waals surface area contributed by atoms with Gasteiger partial charge in [-0.2, -0.15) is 0 Å². The van der Waals surface area contributed by atoms with Gasteiger partial charge in [-0.25, -0.2) is 0 Å². The van der Waals surface area contributed by atoms with E-state index in [9.17, 15) is 4.79 Å². The van der Waals surface area contributed by atoms with Gasteiger partial charge >= 0.3 is 0 Å². The van der Waals surface area contributed by atoms with Crippen molar-refractivity contribution in [2.24, 2.45) is 5.73 Å². The van der Waals surface area contributed by atoms with Crippen molar-refractivity contribution in [3.63, 3.8) is 0 Å². The fraction of sp³-hybridized carbons (Fsp3) is 0.267. The van der Waals surface area contributed by atoms with Crippen LogP contribution in [0.5, 0.6) is 0 Å². The zero-order valence-corrected chi connectivity index (χ0v) is 11.0. The largest absolute Gasteiger partial charge is 0.467 e. The zero-order chi connectivity index (χ0) is 13.7. The molecule has 1 aromatic heterocycles. The van der Waals surface area contributed by atoms with E-state index in [1.54, 1.807) is 18.0 Å². The van der Waals surface area contributed by atoms with Crippen molar-refractivity contribution >= 4 is 5.91 Å². The minimum atomic E-state index is -0.0422. The molecule has 0 unspecified atom stereocenters. The predicted octanol–water partition coefficient (Wildman–Crippen LogP) is 2.05. The number of benzene rings is 1. The molecular formula is C15H18N2O2. The molecule has 2 rings (SSSR count). The van der Waals surface area contributed by atoms with Crippen molar-refractivity contribution in [3.05, 3.63) is 59.5 Å². The van der Waals surface area contributed by atoms with Crippen LogP contribution < -0.4 is 5.73 Å². The van der Waals surface area contributed by atoms with Gasteiger partial charge < -0.3 is 15.1 Å². The highest BCUT2D eigenvalue weighted by atomic mass is 16.3. The van der Waals surface area contributed by atoms with E-state index in [1.807, 2.05) is 18.2 Å². The van der Waals surface area contributed by atoms with Crippen LogP contribution in [0.3, 0.4) is 0 Å². The van der Waals surface area contributed by atoms with Gasteiger partial charge in [0.05, 0.1) is 12.1 Å². The van der Waals surface area contributed by atoms with Crippen molar-refractivity contribution in [3.8, 4) is 0 Å². The first-order valence-electron chi connectivity index (χ1n) is 6.27. The Bertz CT molecular complexity index is 534. The summed E-state index contributed by atoms with van der Waals surface area (Å²) in [5.41, 5.74) is 7.23. The first-order valence-corrected chi connectivity index (χ1v) is 6.27. The molecule has 2 aromatic rings. The minimum absolute atomic E-state index is 0.0422. The van der Waals surface area contributed by atoms with Crippen LogP contribution in [0.4, 0.5) is 0 Å². The fourth-order valence-corrected chi connectivity index (χ4v) is 1.86. The lowest BCUT2D eigenvalue weighted by molar-refractivity contribution is 0.0796. The lowest BCUT2D eigenvalue weighted by Gasteiger charge is -2.16. The standard InChI is InChI=1S/C15H18N2O2/c1-17(8-7-12-5-3-2-4-6-12)15(18)13-9-14(10-16)19-11-13/h2-6,9,11H,7-8,10,16H2,1H3. The number of amides is 1. The van der Waals surface area contributed by atoms with Gasteiger partial charge in [0.1, 0.15) is 12.0 Å². The highest BCUT2D eigenvalue weighted by Gasteiger charge is 2.14. The Morgan fingerprint density at radius 1 is 1.32 bits per heavy atom. The number of furan rings is 1. The zero-order valence-electron chi connectivity index (χ0n) is 11.0. The topological polar surface area (TPSA) is 59.5 Å². The lowest BCUT2D eigenvalue weighted by atomic mass is 10.1. The monoisotopic (exact) mass is 258 g/mol. The first-order chi connectivity index (χ1) is 9.20. The predicted molar refractivity (Wildman–Crippen MR) is 73.7 cm³/mol. The number of hydrogen-bond acceptors (Lipinski definition) is 3. The maximum absolute atomic E-state index is 12.1. The molecule has 0 saturated heterocycles. The van der Waals surface area contributed by atoms with Crippen molar-refractivity contribution in [2.75, 3.05) is 13.6 Å². The summed E-state index contributed by atoms with van der Waals surface area (Å²) in [6.45, 7) is 0.979. The van der Waals surface area contributed by atoms with Crippen LogP contribution in [-0.2, 0) is 13.0 Å². The summed E-state index contributed by atoms with van der Waals surface area (Å²) in [7, 11) is 1.79. The van der Waals surface area contributed by atoms with E-state index in [4.69, 9.17) is 10.2 Å². The molecule has 19 heavy (non-hydrogen) atoms. The van der Waals surface area contributed by atoms with Crippen molar-refractivity contribution in [1.29, 1.82) is 0 Å². The fourth-order valence-electron chi connectivity index (χ4n) is 1.86. The van der Waals surface area contributed by atoms with Gasteiger partial charge in [0, 0.05) is 13.6 Å². The number of likely N-dealkylation sites (N-methyl/N-ethyl adjacent to an activating group) is 1. The van der Waals surface area contributed by atoms with Gasteiger partial charge in [-0.05, 0) is 18.1 Å². The molecule has 4 heteroatoms. The highest BCUT2D eigenvalue weighted by Crippen LogP contribution is 2.10. The Balaban J connectivity index is 1.92. The third-order valence-electron chi connectivity index (χ3n) is 3.03. The summed E-state index contributed by atoms with van der Waals surface area (Å²) < 4.78 is 5.18. The molecule has 0 aliphatic carbocycles. The van der Waals surface area contributed by atoms with Gasteiger partial charge in [0.15, 0.2) is 0 Å². The van der Waals surface area contributed by atoms with E-state index in [1.165, 1.54) is 11.8 Å². The quantitative estimate of drug-likeness (QED) is 0.893. The molecule has 4 nitrogen and oxygen atoms in total. The van der Waals surface area contributed by atoms with Gasteiger partial charge in [-0.15, -0.1) is 0 Å². The molecule has 0 radical (unpaired) electrons. The maximum Gasteiger partial charge on any atom is 0.256 e. The summed E-state index contributed by atoms with van der Waals surface area (Å²) in [6, 6.07) is 11.8. The average molecular weight is 258 g/mol. The van der Waals surface area contributed by atoms with E-state index in [0.717, 1.165) is 6.42 Å². The van der Waals surface area contributed by atoms with Crippen molar-refractivity contribution < 1.29 is 9.21 Å². The Morgan fingerprint density at radius 3 is 2.68 bits per heavy atom.